The third-order valence-electron chi connectivity index (χ3n) is 4.06. The Labute approximate surface area is 128 Å². The highest BCUT2D eigenvalue weighted by atomic mass is 35.5. The number of rotatable bonds is 2. The number of piperazine rings is 1. The first-order chi connectivity index (χ1) is 9.89. The van der Waals surface area contributed by atoms with Crippen LogP contribution in [0.25, 0.3) is 0 Å². The highest BCUT2D eigenvalue weighted by Crippen LogP contribution is 2.28. The molecule has 2 saturated heterocycles. The van der Waals surface area contributed by atoms with E-state index in [1.807, 2.05) is 0 Å². The molecule has 21 heavy (non-hydrogen) atoms. The van der Waals surface area contributed by atoms with Gasteiger partial charge in [-0.3, -0.25) is 4.79 Å². The minimum Gasteiger partial charge on any atom is -0.397 e. The molecule has 2 N–H and O–H groups in total. The number of nitrogen functional groups attached to an aromatic ring is 1. The van der Waals surface area contributed by atoms with Crippen LogP contribution in [0, 0.1) is 0 Å². The van der Waals surface area contributed by atoms with Crippen molar-refractivity contribution in [3.63, 3.8) is 0 Å². The van der Waals surface area contributed by atoms with Crippen molar-refractivity contribution in [1.82, 2.24) is 9.21 Å². The largest absolute Gasteiger partial charge is 0.397 e. The molecule has 1 aromatic rings. The zero-order valence-electron chi connectivity index (χ0n) is 11.3. The van der Waals surface area contributed by atoms with E-state index in [-0.39, 0.29) is 22.5 Å². The van der Waals surface area contributed by atoms with Gasteiger partial charge < -0.3 is 10.6 Å². The molecule has 0 radical (unpaired) electrons. The number of anilines is 1. The standard InChI is InChI=1S/C13H16ClN3O3S/c14-11-3-2-10(7-12(11)15)21(19,20)16-5-6-17-9(8-16)1-4-13(17)18/h2-3,7,9H,1,4-6,8,15H2. The molecule has 0 saturated carbocycles. The van der Waals surface area contributed by atoms with Crippen LogP contribution in [0.3, 0.4) is 0 Å². The van der Waals surface area contributed by atoms with E-state index in [0.717, 1.165) is 0 Å². The van der Waals surface area contributed by atoms with Crippen LogP contribution in [0.2, 0.25) is 5.02 Å². The topological polar surface area (TPSA) is 83.7 Å². The minimum absolute atomic E-state index is 0.00864. The summed E-state index contributed by atoms with van der Waals surface area (Å²) < 4.78 is 26.7. The zero-order chi connectivity index (χ0) is 15.2. The number of carbonyl (C=O) groups is 1. The fourth-order valence-corrected chi connectivity index (χ4v) is 4.51. The van der Waals surface area contributed by atoms with Crippen molar-refractivity contribution in [3.05, 3.63) is 23.2 Å². The SMILES string of the molecule is Nc1cc(S(=O)(=O)N2CCN3C(=O)CCC3C2)ccc1Cl. The van der Waals surface area contributed by atoms with Crippen LogP contribution in [-0.2, 0) is 14.8 Å². The van der Waals surface area contributed by atoms with Crippen LogP contribution in [0.1, 0.15) is 12.8 Å². The quantitative estimate of drug-likeness (QED) is 0.818. The van der Waals surface area contributed by atoms with E-state index in [2.05, 4.69) is 0 Å². The van der Waals surface area contributed by atoms with Gasteiger partial charge in [-0.1, -0.05) is 11.6 Å². The Balaban J connectivity index is 1.85. The number of hydrogen-bond donors (Lipinski definition) is 1. The highest BCUT2D eigenvalue weighted by Gasteiger charge is 2.39. The molecule has 2 aliphatic heterocycles. The molecule has 1 atom stereocenters. The predicted octanol–water partition coefficient (Wildman–Crippen LogP) is 0.918. The lowest BCUT2D eigenvalue weighted by molar-refractivity contribution is -0.130. The Kier molecular flexibility index (Phi) is 3.59. The van der Waals surface area contributed by atoms with Gasteiger partial charge in [0.05, 0.1) is 15.6 Å². The molecule has 0 spiro atoms. The fourth-order valence-electron chi connectivity index (χ4n) is 2.89. The maximum Gasteiger partial charge on any atom is 0.243 e. The van der Waals surface area contributed by atoms with Crippen molar-refractivity contribution >= 4 is 33.2 Å². The molecule has 1 unspecified atom stereocenters. The lowest BCUT2D eigenvalue weighted by Crippen LogP contribution is -2.53. The number of halogens is 1. The maximum absolute atomic E-state index is 12.6. The second kappa shape index (κ2) is 5.15. The second-order valence-electron chi connectivity index (χ2n) is 5.33. The Morgan fingerprint density at radius 1 is 1.29 bits per heavy atom. The first-order valence-corrected chi connectivity index (χ1v) is 8.56. The molecule has 2 heterocycles. The van der Waals surface area contributed by atoms with E-state index < -0.39 is 10.0 Å². The number of nitrogens with zero attached hydrogens (tertiary/aromatic N) is 2. The smallest absolute Gasteiger partial charge is 0.243 e. The number of nitrogens with two attached hydrogens (primary N) is 1. The molecule has 114 valence electrons. The molecule has 2 aliphatic rings. The van der Waals surface area contributed by atoms with Gasteiger partial charge in [0.1, 0.15) is 0 Å². The van der Waals surface area contributed by atoms with Crippen molar-refractivity contribution in [3.8, 4) is 0 Å². The van der Waals surface area contributed by atoms with Crippen LogP contribution in [0.4, 0.5) is 5.69 Å². The molecule has 1 amide bonds. The van der Waals surface area contributed by atoms with Crippen molar-refractivity contribution in [1.29, 1.82) is 0 Å². The molecule has 2 fully saturated rings. The van der Waals surface area contributed by atoms with Crippen molar-refractivity contribution < 1.29 is 13.2 Å². The molecule has 0 aromatic heterocycles. The number of carbonyl (C=O) groups excluding carboxylic acids is 1. The average Bonchev–Trinajstić information content (AvgIpc) is 2.83. The summed E-state index contributed by atoms with van der Waals surface area (Å²) in [6.45, 7) is 1.11. The normalized spacial score (nSPS) is 23.4. The Morgan fingerprint density at radius 2 is 2.05 bits per heavy atom. The van der Waals surface area contributed by atoms with Gasteiger partial charge in [0, 0.05) is 32.1 Å². The molecule has 0 aliphatic carbocycles. The van der Waals surface area contributed by atoms with E-state index in [4.69, 9.17) is 17.3 Å². The Bertz CT molecular complexity index is 692. The summed E-state index contributed by atoms with van der Waals surface area (Å²) in [5.74, 6) is 0.118. The molecule has 6 nitrogen and oxygen atoms in total. The van der Waals surface area contributed by atoms with Gasteiger partial charge in [0.2, 0.25) is 15.9 Å². The number of hydrogen-bond acceptors (Lipinski definition) is 4. The summed E-state index contributed by atoms with van der Waals surface area (Å²) in [5, 5.41) is 0.333. The summed E-state index contributed by atoms with van der Waals surface area (Å²) in [6.07, 6.45) is 1.22. The number of fused-ring (bicyclic) bond motifs is 1. The maximum atomic E-state index is 12.6. The summed E-state index contributed by atoms with van der Waals surface area (Å²) in [5.41, 5.74) is 5.93. The van der Waals surface area contributed by atoms with Gasteiger partial charge in [0.25, 0.3) is 0 Å². The van der Waals surface area contributed by atoms with Gasteiger partial charge in [-0.05, 0) is 24.6 Å². The number of sulfonamides is 1. The third-order valence-corrected chi connectivity index (χ3v) is 6.27. The van der Waals surface area contributed by atoms with Crippen molar-refractivity contribution in [2.24, 2.45) is 0 Å². The van der Waals surface area contributed by atoms with Crippen molar-refractivity contribution in [2.45, 2.75) is 23.8 Å². The Morgan fingerprint density at radius 3 is 2.76 bits per heavy atom. The van der Waals surface area contributed by atoms with Crippen LogP contribution >= 0.6 is 11.6 Å². The van der Waals surface area contributed by atoms with Crippen LogP contribution in [-0.4, -0.2) is 49.2 Å². The van der Waals surface area contributed by atoms with Gasteiger partial charge in [-0.25, -0.2) is 8.42 Å². The van der Waals surface area contributed by atoms with Gasteiger partial charge in [0.15, 0.2) is 0 Å². The molecule has 0 bridgehead atoms. The highest BCUT2D eigenvalue weighted by molar-refractivity contribution is 7.89. The first-order valence-electron chi connectivity index (χ1n) is 6.74. The fraction of sp³-hybridized carbons (Fsp3) is 0.462. The van der Waals surface area contributed by atoms with Gasteiger partial charge >= 0.3 is 0 Å². The minimum atomic E-state index is -3.60. The van der Waals surface area contributed by atoms with Gasteiger partial charge in [-0.2, -0.15) is 4.31 Å². The summed E-state index contributed by atoms with van der Waals surface area (Å²) in [6, 6.07) is 4.31. The molecule has 8 heteroatoms. The van der Waals surface area contributed by atoms with E-state index in [9.17, 15) is 13.2 Å². The molecular formula is C13H16ClN3O3S. The summed E-state index contributed by atoms with van der Waals surface area (Å²) in [4.78, 5) is 13.6. The zero-order valence-corrected chi connectivity index (χ0v) is 12.9. The predicted molar refractivity (Wildman–Crippen MR) is 79.4 cm³/mol. The summed E-state index contributed by atoms with van der Waals surface area (Å²) in [7, 11) is -3.60. The monoisotopic (exact) mass is 329 g/mol. The van der Waals surface area contributed by atoms with Crippen LogP contribution in [0.5, 0.6) is 0 Å². The lowest BCUT2D eigenvalue weighted by Gasteiger charge is -2.36. The number of amides is 1. The van der Waals surface area contributed by atoms with E-state index >= 15 is 0 Å². The van der Waals surface area contributed by atoms with Gasteiger partial charge in [-0.15, -0.1) is 0 Å². The van der Waals surface area contributed by atoms with Crippen LogP contribution < -0.4 is 5.73 Å². The number of benzene rings is 1. The molecular weight excluding hydrogens is 314 g/mol. The average molecular weight is 330 g/mol. The molecule has 1 aromatic carbocycles. The van der Waals surface area contributed by atoms with E-state index in [1.54, 1.807) is 4.90 Å². The molecule has 3 rings (SSSR count). The van der Waals surface area contributed by atoms with Crippen molar-refractivity contribution in [2.75, 3.05) is 25.4 Å². The van der Waals surface area contributed by atoms with Crippen LogP contribution in [0.15, 0.2) is 23.1 Å². The first kappa shape index (κ1) is 14.6. The third kappa shape index (κ3) is 2.49. The van der Waals surface area contributed by atoms with E-state index in [0.29, 0.717) is 37.5 Å². The Hall–Kier alpha value is -1.31. The van der Waals surface area contributed by atoms with E-state index in [1.165, 1.54) is 22.5 Å². The second-order valence-corrected chi connectivity index (χ2v) is 7.67. The lowest BCUT2D eigenvalue weighted by atomic mass is 10.2. The summed E-state index contributed by atoms with van der Waals surface area (Å²) >= 11 is 5.83.